The number of phenols is 1. The lowest BCUT2D eigenvalue weighted by Gasteiger charge is -2.14. The maximum Gasteiger partial charge on any atom is 0.224 e. The molecule has 1 heterocycles. The molecule has 0 radical (unpaired) electrons. The number of amides is 1. The molecule has 0 aliphatic rings. The van der Waals surface area contributed by atoms with Gasteiger partial charge in [-0.15, -0.1) is 11.3 Å². The first-order chi connectivity index (χ1) is 10.4. The number of nitrogens with zero attached hydrogens (tertiary/aromatic N) is 1. The lowest BCUT2D eigenvalue weighted by atomic mass is 10.1. The summed E-state index contributed by atoms with van der Waals surface area (Å²) in [6, 6.07) is 4.72. The highest BCUT2D eigenvalue weighted by Gasteiger charge is 2.17. The third-order valence-electron chi connectivity index (χ3n) is 3.46. The topological polar surface area (TPSA) is 62.2 Å². The van der Waals surface area contributed by atoms with Gasteiger partial charge in [0.05, 0.1) is 23.2 Å². The number of benzene rings is 1. The molecule has 2 aromatic rings. The van der Waals surface area contributed by atoms with E-state index in [1.165, 1.54) is 10.9 Å². The molecule has 0 bridgehead atoms. The number of carbonyl (C=O) groups excluding carboxylic acids is 1. The summed E-state index contributed by atoms with van der Waals surface area (Å²) in [5, 5.41) is 13.6. The molecule has 6 heteroatoms. The van der Waals surface area contributed by atoms with Crippen LogP contribution in [0.1, 0.15) is 40.5 Å². The van der Waals surface area contributed by atoms with E-state index in [9.17, 15) is 9.90 Å². The van der Waals surface area contributed by atoms with Crippen LogP contribution in [-0.2, 0) is 11.2 Å². The summed E-state index contributed by atoms with van der Waals surface area (Å²) in [6.45, 7) is 6.03. The van der Waals surface area contributed by atoms with E-state index in [-0.39, 0.29) is 29.1 Å². The number of aryl methyl sites for hydroxylation is 2. The average molecular weight is 339 g/mol. The molecule has 0 aliphatic carbocycles. The molecular weight excluding hydrogens is 320 g/mol. The van der Waals surface area contributed by atoms with Gasteiger partial charge >= 0.3 is 0 Å². The van der Waals surface area contributed by atoms with Crippen LogP contribution in [0.4, 0.5) is 0 Å². The summed E-state index contributed by atoms with van der Waals surface area (Å²) in [5.41, 5.74) is 1.78. The molecule has 0 spiro atoms. The van der Waals surface area contributed by atoms with Gasteiger partial charge in [0, 0.05) is 4.88 Å². The Morgan fingerprint density at radius 2 is 2.18 bits per heavy atom. The van der Waals surface area contributed by atoms with Gasteiger partial charge in [0.25, 0.3) is 0 Å². The van der Waals surface area contributed by atoms with Crippen LogP contribution in [0.25, 0.3) is 0 Å². The monoisotopic (exact) mass is 338 g/mol. The highest BCUT2D eigenvalue weighted by atomic mass is 35.5. The van der Waals surface area contributed by atoms with E-state index in [0.29, 0.717) is 0 Å². The van der Waals surface area contributed by atoms with Crippen LogP contribution in [0.5, 0.6) is 5.75 Å². The van der Waals surface area contributed by atoms with Gasteiger partial charge in [-0.05, 0) is 38.0 Å². The first kappa shape index (κ1) is 16.8. The number of nitrogens with one attached hydrogen (secondary N) is 1. The molecule has 0 saturated carbocycles. The molecule has 2 N–H and O–H groups in total. The fourth-order valence-corrected chi connectivity index (χ4v) is 3.34. The lowest BCUT2D eigenvalue weighted by molar-refractivity contribution is -0.121. The quantitative estimate of drug-likeness (QED) is 0.868. The standard InChI is InChI=1S/C16H19ClN2O2S/c1-4-13(16-18-9(2)10(3)22-16)19-15(21)8-11-5-6-14(20)12(17)7-11/h5-7,13,20H,4,8H2,1-3H3,(H,19,21)/t13-/m1/s1. The van der Waals surface area contributed by atoms with Crippen LogP contribution in [0.2, 0.25) is 5.02 Å². The predicted molar refractivity (Wildman–Crippen MR) is 89.6 cm³/mol. The van der Waals surface area contributed by atoms with E-state index in [1.807, 2.05) is 20.8 Å². The van der Waals surface area contributed by atoms with Crippen molar-refractivity contribution >= 4 is 28.8 Å². The second kappa shape index (κ2) is 7.11. The van der Waals surface area contributed by atoms with Crippen molar-refractivity contribution in [2.45, 2.75) is 39.7 Å². The largest absolute Gasteiger partial charge is 0.506 e. The molecule has 0 saturated heterocycles. The van der Waals surface area contributed by atoms with Crippen molar-refractivity contribution in [3.05, 3.63) is 44.4 Å². The molecule has 1 amide bonds. The number of hydrogen-bond acceptors (Lipinski definition) is 4. The molecule has 4 nitrogen and oxygen atoms in total. The molecule has 0 unspecified atom stereocenters. The van der Waals surface area contributed by atoms with E-state index in [0.717, 1.165) is 22.7 Å². The van der Waals surface area contributed by atoms with Gasteiger partial charge < -0.3 is 10.4 Å². The summed E-state index contributed by atoms with van der Waals surface area (Å²) < 4.78 is 0. The predicted octanol–water partition coefficient (Wildman–Crippen LogP) is 3.93. The minimum absolute atomic E-state index is 0.0194. The van der Waals surface area contributed by atoms with Gasteiger partial charge in [0.1, 0.15) is 10.8 Å². The summed E-state index contributed by atoms with van der Waals surface area (Å²) in [7, 11) is 0. The Bertz CT molecular complexity index is 665. The highest BCUT2D eigenvalue weighted by molar-refractivity contribution is 7.11. The van der Waals surface area contributed by atoms with Gasteiger partial charge in [-0.2, -0.15) is 0 Å². The van der Waals surface area contributed by atoms with E-state index in [4.69, 9.17) is 11.6 Å². The van der Waals surface area contributed by atoms with E-state index in [1.54, 1.807) is 23.5 Å². The van der Waals surface area contributed by atoms with Crippen LogP contribution in [0.15, 0.2) is 18.2 Å². The number of rotatable bonds is 5. The average Bonchev–Trinajstić information content (AvgIpc) is 2.80. The lowest BCUT2D eigenvalue weighted by Crippen LogP contribution is -2.29. The van der Waals surface area contributed by atoms with Gasteiger partial charge in [-0.25, -0.2) is 4.98 Å². The van der Waals surface area contributed by atoms with Crippen molar-refractivity contribution in [1.82, 2.24) is 10.3 Å². The van der Waals surface area contributed by atoms with Crippen molar-refractivity contribution in [3.63, 3.8) is 0 Å². The van der Waals surface area contributed by atoms with Crippen LogP contribution in [0, 0.1) is 13.8 Å². The van der Waals surface area contributed by atoms with E-state index >= 15 is 0 Å². The zero-order valence-electron chi connectivity index (χ0n) is 12.8. The molecule has 118 valence electrons. The second-order valence-corrected chi connectivity index (χ2v) is 6.83. The van der Waals surface area contributed by atoms with E-state index in [2.05, 4.69) is 10.3 Å². The molecule has 22 heavy (non-hydrogen) atoms. The van der Waals surface area contributed by atoms with Crippen LogP contribution < -0.4 is 5.32 Å². The number of carbonyl (C=O) groups is 1. The number of thiazole rings is 1. The zero-order valence-corrected chi connectivity index (χ0v) is 14.4. The van der Waals surface area contributed by atoms with Crippen molar-refractivity contribution in [2.75, 3.05) is 0 Å². The van der Waals surface area contributed by atoms with Gasteiger partial charge in [-0.3, -0.25) is 4.79 Å². The third kappa shape index (κ3) is 3.99. The minimum atomic E-state index is -0.0842. The maximum atomic E-state index is 12.2. The number of aromatic hydroxyl groups is 1. The minimum Gasteiger partial charge on any atom is -0.506 e. The fraction of sp³-hybridized carbons (Fsp3) is 0.375. The van der Waals surface area contributed by atoms with Gasteiger partial charge in [0.15, 0.2) is 0 Å². The molecule has 0 fully saturated rings. The molecule has 0 aliphatic heterocycles. The molecule has 1 atom stereocenters. The number of hydrogen-bond donors (Lipinski definition) is 2. The number of phenolic OH excluding ortho intramolecular Hbond substituents is 1. The Morgan fingerprint density at radius 3 is 2.73 bits per heavy atom. The zero-order chi connectivity index (χ0) is 16.3. The first-order valence-corrected chi connectivity index (χ1v) is 8.30. The van der Waals surface area contributed by atoms with Crippen LogP contribution in [-0.4, -0.2) is 16.0 Å². The Balaban J connectivity index is 2.04. The Morgan fingerprint density at radius 1 is 1.45 bits per heavy atom. The van der Waals surface area contributed by atoms with Crippen molar-refractivity contribution in [3.8, 4) is 5.75 Å². The van der Waals surface area contributed by atoms with Crippen LogP contribution in [0.3, 0.4) is 0 Å². The van der Waals surface area contributed by atoms with Gasteiger partial charge in [-0.1, -0.05) is 24.6 Å². The molecule has 1 aromatic carbocycles. The summed E-state index contributed by atoms with van der Waals surface area (Å²) in [4.78, 5) is 17.9. The summed E-state index contributed by atoms with van der Waals surface area (Å²) in [5.74, 6) is -0.0647. The Kier molecular flexibility index (Phi) is 5.42. The fourth-order valence-electron chi connectivity index (χ4n) is 2.08. The third-order valence-corrected chi connectivity index (χ3v) is 4.95. The molecule has 2 rings (SSSR count). The van der Waals surface area contributed by atoms with Crippen molar-refractivity contribution in [2.24, 2.45) is 0 Å². The summed E-state index contributed by atoms with van der Waals surface area (Å²) in [6.07, 6.45) is 1.01. The Hall–Kier alpha value is -1.59. The first-order valence-electron chi connectivity index (χ1n) is 7.11. The van der Waals surface area contributed by atoms with Crippen LogP contribution >= 0.6 is 22.9 Å². The van der Waals surface area contributed by atoms with Crippen molar-refractivity contribution < 1.29 is 9.90 Å². The number of aromatic nitrogens is 1. The Labute approximate surface area is 139 Å². The molecule has 1 aromatic heterocycles. The smallest absolute Gasteiger partial charge is 0.224 e. The molecular formula is C16H19ClN2O2S. The van der Waals surface area contributed by atoms with Gasteiger partial charge in [0.2, 0.25) is 5.91 Å². The maximum absolute atomic E-state index is 12.2. The second-order valence-electron chi connectivity index (χ2n) is 5.18. The van der Waals surface area contributed by atoms with Crippen molar-refractivity contribution in [1.29, 1.82) is 0 Å². The highest BCUT2D eigenvalue weighted by Crippen LogP contribution is 2.26. The SMILES string of the molecule is CC[C@@H](NC(=O)Cc1ccc(O)c(Cl)c1)c1nc(C)c(C)s1. The number of halogens is 1. The summed E-state index contributed by atoms with van der Waals surface area (Å²) >= 11 is 7.48. The normalized spacial score (nSPS) is 12.2. The van der Waals surface area contributed by atoms with E-state index < -0.39 is 0 Å².